The molecule has 0 aromatic rings. The van der Waals surface area contributed by atoms with Crippen molar-refractivity contribution in [1.29, 1.82) is 0 Å². The minimum absolute atomic E-state index is 0.251. The lowest BCUT2D eigenvalue weighted by Gasteiger charge is -2.00. The van der Waals surface area contributed by atoms with Crippen molar-refractivity contribution < 1.29 is 19.5 Å². The summed E-state index contributed by atoms with van der Waals surface area (Å²) in [5.74, 6) is -0.491. The molecule has 0 fully saturated rings. The van der Waals surface area contributed by atoms with Gasteiger partial charge < -0.3 is 4.74 Å². The first kappa shape index (κ1) is 9.67. The van der Waals surface area contributed by atoms with E-state index in [0.29, 0.717) is 6.42 Å². The van der Waals surface area contributed by atoms with E-state index in [9.17, 15) is 14.9 Å². The van der Waals surface area contributed by atoms with Crippen LogP contribution in [0, 0.1) is 10.1 Å². The fourth-order valence-corrected chi connectivity index (χ4v) is 0.411. The van der Waals surface area contributed by atoms with Gasteiger partial charge in [0.2, 0.25) is 6.79 Å². The van der Waals surface area contributed by atoms with Crippen LogP contribution >= 0.6 is 0 Å². The summed E-state index contributed by atoms with van der Waals surface area (Å²) in [5.41, 5.74) is 0. The summed E-state index contributed by atoms with van der Waals surface area (Å²) >= 11 is 0. The van der Waals surface area contributed by atoms with Crippen molar-refractivity contribution in [3.8, 4) is 0 Å². The van der Waals surface area contributed by atoms with Crippen LogP contribution in [-0.4, -0.2) is 17.8 Å². The molecule has 0 unspecified atom stereocenters. The van der Waals surface area contributed by atoms with Crippen LogP contribution in [0.1, 0.15) is 19.8 Å². The van der Waals surface area contributed by atoms with E-state index in [2.05, 4.69) is 9.57 Å². The number of hydrogen-bond donors (Lipinski definition) is 0. The zero-order chi connectivity index (χ0) is 8.69. The highest BCUT2D eigenvalue weighted by Gasteiger charge is 2.01. The minimum atomic E-state index is -1.01. The first-order valence-electron chi connectivity index (χ1n) is 3.09. The first-order chi connectivity index (χ1) is 5.16. The summed E-state index contributed by atoms with van der Waals surface area (Å²) in [5, 5.41) is 8.52. The molecule has 6 heteroatoms. The number of carbonyl (C=O) groups is 1. The summed E-state index contributed by atoms with van der Waals surface area (Å²) in [6.07, 6.45) is 0.901. The van der Waals surface area contributed by atoms with E-state index in [1.165, 1.54) is 0 Å². The molecule has 0 rings (SSSR count). The molecule has 0 radical (unpaired) electrons. The maximum atomic E-state index is 10.5. The van der Waals surface area contributed by atoms with Gasteiger partial charge in [-0.3, -0.25) is 9.63 Å². The van der Waals surface area contributed by atoms with E-state index in [-0.39, 0.29) is 6.42 Å². The second-order valence-corrected chi connectivity index (χ2v) is 1.74. The van der Waals surface area contributed by atoms with Crippen molar-refractivity contribution in [1.82, 2.24) is 0 Å². The molecule has 0 amide bonds. The van der Waals surface area contributed by atoms with E-state index in [1.807, 2.05) is 0 Å². The number of esters is 1. The van der Waals surface area contributed by atoms with Gasteiger partial charge in [-0.15, -0.1) is 10.1 Å². The minimum Gasteiger partial charge on any atom is -0.438 e. The Bertz CT molecular complexity index is 146. The van der Waals surface area contributed by atoms with Gasteiger partial charge in [0.25, 0.3) is 5.09 Å². The average Bonchev–Trinajstić information content (AvgIpc) is 1.87. The van der Waals surface area contributed by atoms with Crippen LogP contribution in [0.25, 0.3) is 0 Å². The molecule has 0 saturated carbocycles. The monoisotopic (exact) mass is 163 g/mol. The molecule has 0 bridgehead atoms. The van der Waals surface area contributed by atoms with Gasteiger partial charge in [-0.25, -0.2) is 0 Å². The van der Waals surface area contributed by atoms with Crippen LogP contribution in [0.15, 0.2) is 0 Å². The zero-order valence-corrected chi connectivity index (χ0v) is 6.11. The van der Waals surface area contributed by atoms with Gasteiger partial charge in [0, 0.05) is 6.42 Å². The normalized spacial score (nSPS) is 8.82. The van der Waals surface area contributed by atoms with Gasteiger partial charge in [-0.2, -0.15) is 0 Å². The largest absolute Gasteiger partial charge is 0.438 e. The number of ether oxygens (including phenoxy) is 1. The average molecular weight is 163 g/mol. The molecular weight excluding hydrogens is 154 g/mol. The van der Waals surface area contributed by atoms with Crippen LogP contribution in [0.3, 0.4) is 0 Å². The van der Waals surface area contributed by atoms with Crippen molar-refractivity contribution in [3.63, 3.8) is 0 Å². The van der Waals surface area contributed by atoms with E-state index in [0.717, 1.165) is 0 Å². The third-order valence-electron chi connectivity index (χ3n) is 0.832. The molecule has 0 aromatic heterocycles. The SMILES string of the molecule is CCCC(=O)OCO[N+](=O)[O-]. The third-order valence-corrected chi connectivity index (χ3v) is 0.832. The summed E-state index contributed by atoms with van der Waals surface area (Å²) in [6, 6.07) is 0. The Kier molecular flexibility index (Phi) is 4.80. The Balaban J connectivity index is 3.24. The molecule has 0 spiro atoms. The van der Waals surface area contributed by atoms with Gasteiger partial charge >= 0.3 is 5.97 Å². The predicted octanol–water partition coefficient (Wildman–Crippen LogP) is 0.495. The van der Waals surface area contributed by atoms with Crippen molar-refractivity contribution in [2.45, 2.75) is 19.8 Å². The summed E-state index contributed by atoms with van der Waals surface area (Å²) < 4.78 is 4.29. The Morgan fingerprint density at radius 1 is 1.64 bits per heavy atom. The van der Waals surface area contributed by atoms with Gasteiger partial charge in [0.1, 0.15) is 0 Å². The maximum Gasteiger partial charge on any atom is 0.307 e. The quantitative estimate of drug-likeness (QED) is 0.255. The Morgan fingerprint density at radius 2 is 2.27 bits per heavy atom. The van der Waals surface area contributed by atoms with Gasteiger partial charge in [-0.05, 0) is 6.42 Å². The second-order valence-electron chi connectivity index (χ2n) is 1.74. The van der Waals surface area contributed by atoms with E-state index < -0.39 is 17.8 Å². The second kappa shape index (κ2) is 5.45. The lowest BCUT2D eigenvalue weighted by atomic mass is 10.3. The Morgan fingerprint density at radius 3 is 2.73 bits per heavy atom. The molecule has 11 heavy (non-hydrogen) atoms. The molecule has 0 saturated heterocycles. The number of hydrogen-bond acceptors (Lipinski definition) is 5. The fraction of sp³-hybridized carbons (Fsp3) is 0.800. The summed E-state index contributed by atoms with van der Waals surface area (Å²) in [4.78, 5) is 23.8. The lowest BCUT2D eigenvalue weighted by Crippen LogP contribution is -2.10. The van der Waals surface area contributed by atoms with E-state index in [1.54, 1.807) is 6.92 Å². The van der Waals surface area contributed by atoms with Crippen LogP contribution < -0.4 is 0 Å². The number of carbonyl (C=O) groups excluding carboxylic acids is 1. The number of nitrogens with zero attached hydrogens (tertiary/aromatic N) is 1. The standard InChI is InChI=1S/C5H9NO5/c1-2-3-5(7)10-4-11-6(8)9/h2-4H2,1H3. The molecule has 0 aliphatic rings. The van der Waals surface area contributed by atoms with Crippen molar-refractivity contribution in [2.75, 3.05) is 6.79 Å². The van der Waals surface area contributed by atoms with Crippen molar-refractivity contribution in [2.24, 2.45) is 0 Å². The van der Waals surface area contributed by atoms with Gasteiger partial charge in [0.15, 0.2) is 0 Å². The third kappa shape index (κ3) is 6.56. The molecule has 0 N–H and O–H groups in total. The van der Waals surface area contributed by atoms with E-state index in [4.69, 9.17) is 0 Å². The molecule has 0 heterocycles. The van der Waals surface area contributed by atoms with E-state index >= 15 is 0 Å². The van der Waals surface area contributed by atoms with Crippen molar-refractivity contribution in [3.05, 3.63) is 10.1 Å². The molecule has 0 aliphatic carbocycles. The van der Waals surface area contributed by atoms with Crippen LogP contribution in [0.2, 0.25) is 0 Å². The highest BCUT2D eigenvalue weighted by molar-refractivity contribution is 5.69. The highest BCUT2D eigenvalue weighted by atomic mass is 17.0. The number of rotatable bonds is 5. The van der Waals surface area contributed by atoms with Gasteiger partial charge in [-0.1, -0.05) is 6.92 Å². The van der Waals surface area contributed by atoms with Crippen LogP contribution in [-0.2, 0) is 14.4 Å². The molecule has 0 aromatic carbocycles. The van der Waals surface area contributed by atoms with Gasteiger partial charge in [0.05, 0.1) is 0 Å². The first-order valence-corrected chi connectivity index (χ1v) is 3.09. The highest BCUT2D eigenvalue weighted by Crippen LogP contribution is 1.90. The Hall–Kier alpha value is -1.33. The molecule has 0 atom stereocenters. The molecular formula is C5H9NO5. The summed E-state index contributed by atoms with van der Waals surface area (Å²) in [6.45, 7) is 1.18. The topological polar surface area (TPSA) is 78.7 Å². The van der Waals surface area contributed by atoms with Crippen LogP contribution in [0.4, 0.5) is 0 Å². The van der Waals surface area contributed by atoms with Crippen LogP contribution in [0.5, 0.6) is 0 Å². The fourth-order valence-electron chi connectivity index (χ4n) is 0.411. The summed E-state index contributed by atoms with van der Waals surface area (Å²) in [7, 11) is 0. The smallest absolute Gasteiger partial charge is 0.307 e. The maximum absolute atomic E-state index is 10.5. The molecule has 6 nitrogen and oxygen atoms in total. The predicted molar refractivity (Wildman–Crippen MR) is 33.9 cm³/mol. The molecule has 0 aliphatic heterocycles. The Labute approximate surface area is 63.2 Å². The zero-order valence-electron chi connectivity index (χ0n) is 6.11. The van der Waals surface area contributed by atoms with Crippen molar-refractivity contribution >= 4 is 5.97 Å². The lowest BCUT2D eigenvalue weighted by molar-refractivity contribution is -0.765. The molecule has 64 valence electrons.